The third-order valence-corrected chi connectivity index (χ3v) is 3.45. The van der Waals surface area contributed by atoms with E-state index in [1.165, 1.54) is 0 Å². The van der Waals surface area contributed by atoms with Crippen LogP contribution in [0.4, 0.5) is 0 Å². The van der Waals surface area contributed by atoms with Gasteiger partial charge in [-0.2, -0.15) is 0 Å². The van der Waals surface area contributed by atoms with Crippen LogP contribution < -0.4 is 10.6 Å². The third kappa shape index (κ3) is 6.89. The zero-order chi connectivity index (χ0) is 16.4. The number of hydrogen-bond acceptors (Lipinski definition) is 3. The van der Waals surface area contributed by atoms with Crippen LogP contribution >= 0.6 is 0 Å². The predicted octanol–water partition coefficient (Wildman–Crippen LogP) is 2.51. The third-order valence-electron chi connectivity index (χ3n) is 3.45. The van der Waals surface area contributed by atoms with Crippen molar-refractivity contribution in [1.82, 2.24) is 15.6 Å². The standard InChI is InChI=1S/C17H30N4O/c1-6-22-16(13(2)3)10-11-19-17(18-5)20-12-15-9-7-8-14(4)21-15/h7-9,13,16H,6,10-12H2,1-5H3,(H2,18,19,20). The number of aryl methyl sites for hydroxylation is 1. The second-order valence-electron chi connectivity index (χ2n) is 5.65. The Balaban J connectivity index is 2.36. The van der Waals surface area contributed by atoms with Crippen molar-refractivity contribution in [1.29, 1.82) is 0 Å². The summed E-state index contributed by atoms with van der Waals surface area (Å²) in [5, 5.41) is 6.61. The van der Waals surface area contributed by atoms with Crippen molar-refractivity contribution < 1.29 is 4.74 Å². The van der Waals surface area contributed by atoms with Crippen molar-refractivity contribution in [2.75, 3.05) is 20.2 Å². The van der Waals surface area contributed by atoms with Gasteiger partial charge in [0.15, 0.2) is 5.96 Å². The average Bonchev–Trinajstić information content (AvgIpc) is 2.49. The molecule has 0 bridgehead atoms. The molecule has 1 unspecified atom stereocenters. The first-order chi connectivity index (χ1) is 10.6. The zero-order valence-corrected chi connectivity index (χ0v) is 14.5. The fraction of sp³-hybridized carbons (Fsp3) is 0.647. The Bertz CT molecular complexity index is 460. The van der Waals surface area contributed by atoms with Crippen molar-refractivity contribution in [3.8, 4) is 0 Å². The molecule has 0 amide bonds. The van der Waals surface area contributed by atoms with Crippen LogP contribution in [0.5, 0.6) is 0 Å². The molecule has 0 fully saturated rings. The van der Waals surface area contributed by atoms with Gasteiger partial charge in [-0.1, -0.05) is 19.9 Å². The Morgan fingerprint density at radius 3 is 2.68 bits per heavy atom. The van der Waals surface area contributed by atoms with E-state index in [1.54, 1.807) is 7.05 Å². The highest BCUT2D eigenvalue weighted by atomic mass is 16.5. The molecule has 0 aliphatic heterocycles. The van der Waals surface area contributed by atoms with Crippen LogP contribution in [-0.2, 0) is 11.3 Å². The molecule has 0 saturated heterocycles. The fourth-order valence-electron chi connectivity index (χ4n) is 2.25. The maximum absolute atomic E-state index is 5.75. The maximum Gasteiger partial charge on any atom is 0.191 e. The van der Waals surface area contributed by atoms with Crippen molar-refractivity contribution in [3.63, 3.8) is 0 Å². The van der Waals surface area contributed by atoms with E-state index in [9.17, 15) is 0 Å². The van der Waals surface area contributed by atoms with E-state index in [-0.39, 0.29) is 6.10 Å². The van der Waals surface area contributed by atoms with E-state index in [4.69, 9.17) is 4.74 Å². The molecule has 1 aromatic rings. The van der Waals surface area contributed by atoms with E-state index >= 15 is 0 Å². The Kier molecular flexibility index (Phi) is 8.51. The lowest BCUT2D eigenvalue weighted by Crippen LogP contribution is -2.39. The molecular weight excluding hydrogens is 276 g/mol. The zero-order valence-electron chi connectivity index (χ0n) is 14.5. The van der Waals surface area contributed by atoms with Gasteiger partial charge in [0.05, 0.1) is 18.3 Å². The molecule has 5 heteroatoms. The highest BCUT2D eigenvalue weighted by Gasteiger charge is 2.12. The molecule has 22 heavy (non-hydrogen) atoms. The molecule has 124 valence electrons. The van der Waals surface area contributed by atoms with Crippen LogP contribution in [0, 0.1) is 12.8 Å². The molecule has 0 spiro atoms. The number of aliphatic imine (C=N–C) groups is 1. The van der Waals surface area contributed by atoms with Crippen molar-refractivity contribution in [2.24, 2.45) is 10.9 Å². The van der Waals surface area contributed by atoms with Crippen LogP contribution in [0.1, 0.15) is 38.6 Å². The first kappa shape index (κ1) is 18.4. The van der Waals surface area contributed by atoms with Crippen LogP contribution in [0.25, 0.3) is 0 Å². The van der Waals surface area contributed by atoms with Crippen LogP contribution in [0.2, 0.25) is 0 Å². The van der Waals surface area contributed by atoms with Gasteiger partial charge in [-0.05, 0) is 38.3 Å². The Hall–Kier alpha value is -1.62. The number of ether oxygens (including phenoxy) is 1. The molecule has 1 atom stereocenters. The summed E-state index contributed by atoms with van der Waals surface area (Å²) in [7, 11) is 1.78. The molecule has 0 aliphatic rings. The number of nitrogens with one attached hydrogen (secondary N) is 2. The summed E-state index contributed by atoms with van der Waals surface area (Å²) in [6.07, 6.45) is 1.25. The summed E-state index contributed by atoms with van der Waals surface area (Å²) in [5.74, 6) is 1.32. The quantitative estimate of drug-likeness (QED) is 0.572. The number of hydrogen-bond donors (Lipinski definition) is 2. The number of guanidine groups is 1. The Labute approximate surface area is 134 Å². The molecular formula is C17H30N4O. The monoisotopic (exact) mass is 306 g/mol. The molecule has 0 radical (unpaired) electrons. The van der Waals surface area contributed by atoms with Gasteiger partial charge in [-0.25, -0.2) is 0 Å². The second-order valence-corrected chi connectivity index (χ2v) is 5.65. The summed E-state index contributed by atoms with van der Waals surface area (Å²) < 4.78 is 5.75. The van der Waals surface area contributed by atoms with Crippen molar-refractivity contribution in [3.05, 3.63) is 29.6 Å². The van der Waals surface area contributed by atoms with Crippen LogP contribution in [0.15, 0.2) is 23.2 Å². The van der Waals surface area contributed by atoms with Gasteiger partial charge in [0.1, 0.15) is 0 Å². The molecule has 1 rings (SSSR count). The van der Waals surface area contributed by atoms with Gasteiger partial charge in [0.25, 0.3) is 0 Å². The fourth-order valence-corrected chi connectivity index (χ4v) is 2.25. The Morgan fingerprint density at radius 2 is 2.09 bits per heavy atom. The number of pyridine rings is 1. The van der Waals surface area contributed by atoms with Gasteiger partial charge in [0, 0.05) is 25.9 Å². The maximum atomic E-state index is 5.75. The molecule has 2 N–H and O–H groups in total. The minimum atomic E-state index is 0.286. The lowest BCUT2D eigenvalue weighted by molar-refractivity contribution is 0.0258. The summed E-state index contributed by atoms with van der Waals surface area (Å²) in [6.45, 7) is 10.7. The second kappa shape index (κ2) is 10.2. The number of rotatable bonds is 8. The van der Waals surface area contributed by atoms with Crippen molar-refractivity contribution >= 4 is 5.96 Å². The lowest BCUT2D eigenvalue weighted by Gasteiger charge is -2.21. The number of nitrogens with zero attached hydrogens (tertiary/aromatic N) is 2. The largest absolute Gasteiger partial charge is 0.378 e. The van der Waals surface area contributed by atoms with Crippen LogP contribution in [-0.4, -0.2) is 37.2 Å². The lowest BCUT2D eigenvalue weighted by atomic mass is 10.0. The van der Waals surface area contributed by atoms with Gasteiger partial charge in [-0.3, -0.25) is 9.98 Å². The average molecular weight is 306 g/mol. The minimum Gasteiger partial charge on any atom is -0.378 e. The number of aromatic nitrogens is 1. The molecule has 0 saturated carbocycles. The first-order valence-corrected chi connectivity index (χ1v) is 8.05. The normalized spacial score (nSPS) is 13.3. The first-order valence-electron chi connectivity index (χ1n) is 8.05. The molecule has 0 aromatic carbocycles. The topological polar surface area (TPSA) is 58.5 Å². The van der Waals surface area contributed by atoms with Crippen LogP contribution in [0.3, 0.4) is 0 Å². The summed E-state index contributed by atoms with van der Waals surface area (Å²) in [4.78, 5) is 8.71. The van der Waals surface area contributed by atoms with E-state index in [1.807, 2.05) is 32.0 Å². The molecule has 1 heterocycles. The highest BCUT2D eigenvalue weighted by Crippen LogP contribution is 2.09. The Morgan fingerprint density at radius 1 is 1.32 bits per heavy atom. The minimum absolute atomic E-state index is 0.286. The van der Waals surface area contributed by atoms with Gasteiger partial charge in [-0.15, -0.1) is 0 Å². The van der Waals surface area contributed by atoms with E-state index in [2.05, 4.69) is 34.5 Å². The van der Waals surface area contributed by atoms with Gasteiger partial charge in [0.2, 0.25) is 0 Å². The van der Waals surface area contributed by atoms with E-state index < -0.39 is 0 Å². The molecule has 5 nitrogen and oxygen atoms in total. The van der Waals surface area contributed by atoms with Gasteiger partial charge < -0.3 is 15.4 Å². The van der Waals surface area contributed by atoms with Crippen molar-refractivity contribution in [2.45, 2.75) is 46.8 Å². The molecule has 1 aromatic heterocycles. The smallest absolute Gasteiger partial charge is 0.191 e. The van der Waals surface area contributed by atoms with Gasteiger partial charge >= 0.3 is 0 Å². The molecule has 0 aliphatic carbocycles. The summed E-state index contributed by atoms with van der Waals surface area (Å²) >= 11 is 0. The SMILES string of the molecule is CCOC(CCNC(=NC)NCc1cccc(C)n1)C(C)C. The summed E-state index contributed by atoms with van der Waals surface area (Å²) in [6, 6.07) is 6.03. The highest BCUT2D eigenvalue weighted by molar-refractivity contribution is 5.79. The summed E-state index contributed by atoms with van der Waals surface area (Å²) in [5.41, 5.74) is 2.04. The van der Waals surface area contributed by atoms with E-state index in [0.29, 0.717) is 12.5 Å². The predicted molar refractivity (Wildman–Crippen MR) is 92.0 cm³/mol. The van der Waals surface area contributed by atoms with E-state index in [0.717, 1.165) is 36.9 Å².